The number of anilines is 1. The number of carbonyl (C=O) groups excluding carboxylic acids is 2. The van der Waals surface area contributed by atoms with Gasteiger partial charge in [-0.15, -0.1) is 12.4 Å². The summed E-state index contributed by atoms with van der Waals surface area (Å²) in [5, 5.41) is 2.79. The Morgan fingerprint density at radius 1 is 1.50 bits per heavy atom. The number of hydrogen-bond donors (Lipinski definition) is 2. The first-order valence-corrected chi connectivity index (χ1v) is 6.49. The number of benzene rings is 1. The number of hydrogen-bond acceptors (Lipinski definition) is 3. The SMILES string of the molecule is CCC1C(=O)NCCN1C(=O)c1cc(N)ccc1C.Cl. The Labute approximate surface area is 124 Å². The molecule has 0 radical (unpaired) electrons. The van der Waals surface area contributed by atoms with Crippen LogP contribution in [0.4, 0.5) is 5.69 Å². The second kappa shape index (κ2) is 6.61. The first-order valence-electron chi connectivity index (χ1n) is 6.49. The summed E-state index contributed by atoms with van der Waals surface area (Å²) in [6, 6.07) is 4.89. The highest BCUT2D eigenvalue weighted by Gasteiger charge is 2.32. The Kier molecular flexibility index (Phi) is 5.39. The minimum absolute atomic E-state index is 0. The molecular formula is C14H20ClN3O2. The molecule has 6 heteroatoms. The maximum Gasteiger partial charge on any atom is 0.254 e. The molecule has 1 fully saturated rings. The van der Waals surface area contributed by atoms with E-state index < -0.39 is 0 Å². The van der Waals surface area contributed by atoms with E-state index in [4.69, 9.17) is 5.73 Å². The van der Waals surface area contributed by atoms with Gasteiger partial charge in [-0.1, -0.05) is 13.0 Å². The molecule has 0 bridgehead atoms. The number of halogens is 1. The van der Waals surface area contributed by atoms with E-state index in [1.807, 2.05) is 19.9 Å². The molecule has 1 heterocycles. The second-order valence-corrected chi connectivity index (χ2v) is 4.79. The summed E-state index contributed by atoms with van der Waals surface area (Å²) in [6.45, 7) is 4.82. The van der Waals surface area contributed by atoms with E-state index in [0.29, 0.717) is 30.8 Å². The fraction of sp³-hybridized carbons (Fsp3) is 0.429. The van der Waals surface area contributed by atoms with Crippen molar-refractivity contribution in [3.05, 3.63) is 29.3 Å². The number of nitrogens with zero attached hydrogens (tertiary/aromatic N) is 1. The van der Waals surface area contributed by atoms with E-state index >= 15 is 0 Å². The lowest BCUT2D eigenvalue weighted by molar-refractivity contribution is -0.127. The van der Waals surface area contributed by atoms with Crippen LogP contribution in [0.3, 0.4) is 0 Å². The monoisotopic (exact) mass is 297 g/mol. The molecular weight excluding hydrogens is 278 g/mol. The van der Waals surface area contributed by atoms with Gasteiger partial charge in [-0.3, -0.25) is 9.59 Å². The zero-order valence-corrected chi connectivity index (χ0v) is 12.5. The minimum Gasteiger partial charge on any atom is -0.399 e. The molecule has 1 aromatic rings. The Morgan fingerprint density at radius 2 is 2.20 bits per heavy atom. The van der Waals surface area contributed by atoms with Crippen LogP contribution in [-0.4, -0.2) is 35.8 Å². The van der Waals surface area contributed by atoms with Crippen LogP contribution in [0.1, 0.15) is 29.3 Å². The zero-order valence-electron chi connectivity index (χ0n) is 11.7. The summed E-state index contributed by atoms with van der Waals surface area (Å²) < 4.78 is 0. The largest absolute Gasteiger partial charge is 0.399 e. The molecule has 1 aromatic carbocycles. The average Bonchev–Trinajstić information content (AvgIpc) is 2.40. The average molecular weight is 298 g/mol. The van der Waals surface area contributed by atoms with Crippen molar-refractivity contribution in [2.75, 3.05) is 18.8 Å². The Morgan fingerprint density at radius 3 is 2.85 bits per heavy atom. The van der Waals surface area contributed by atoms with Crippen LogP contribution in [-0.2, 0) is 4.79 Å². The van der Waals surface area contributed by atoms with Crippen molar-refractivity contribution in [3.8, 4) is 0 Å². The smallest absolute Gasteiger partial charge is 0.254 e. The minimum atomic E-state index is -0.387. The fourth-order valence-corrected chi connectivity index (χ4v) is 2.39. The zero-order chi connectivity index (χ0) is 14.0. The normalized spacial score (nSPS) is 18.2. The number of piperazine rings is 1. The van der Waals surface area contributed by atoms with E-state index in [0.717, 1.165) is 5.56 Å². The van der Waals surface area contributed by atoms with Gasteiger partial charge in [0.05, 0.1) is 0 Å². The molecule has 1 aliphatic heterocycles. The first kappa shape index (κ1) is 16.3. The topological polar surface area (TPSA) is 75.4 Å². The second-order valence-electron chi connectivity index (χ2n) is 4.79. The summed E-state index contributed by atoms with van der Waals surface area (Å²) >= 11 is 0. The quantitative estimate of drug-likeness (QED) is 0.809. The van der Waals surface area contributed by atoms with Crippen molar-refractivity contribution in [1.29, 1.82) is 0 Å². The lowest BCUT2D eigenvalue weighted by Crippen LogP contribution is -2.57. The molecule has 1 atom stereocenters. The fourth-order valence-electron chi connectivity index (χ4n) is 2.39. The van der Waals surface area contributed by atoms with E-state index in [1.165, 1.54) is 0 Å². The lowest BCUT2D eigenvalue weighted by Gasteiger charge is -2.34. The van der Waals surface area contributed by atoms with Crippen LogP contribution in [0, 0.1) is 6.92 Å². The standard InChI is InChI=1S/C14H19N3O2.ClH/c1-3-12-13(18)16-6-7-17(12)14(19)11-8-10(15)5-4-9(11)2;/h4-5,8,12H,3,6-7,15H2,1-2H3,(H,16,18);1H. The molecule has 1 saturated heterocycles. The summed E-state index contributed by atoms with van der Waals surface area (Å²) in [5.41, 5.74) is 7.75. The summed E-state index contributed by atoms with van der Waals surface area (Å²) in [5.74, 6) is -0.199. The Bertz CT molecular complexity index is 519. The molecule has 110 valence electrons. The number of nitrogen functional groups attached to an aromatic ring is 1. The van der Waals surface area contributed by atoms with Crippen LogP contribution in [0.15, 0.2) is 18.2 Å². The molecule has 3 N–H and O–H groups in total. The predicted molar refractivity (Wildman–Crippen MR) is 81.0 cm³/mol. The summed E-state index contributed by atoms with van der Waals surface area (Å²) in [7, 11) is 0. The van der Waals surface area contributed by atoms with Crippen LogP contribution in [0.5, 0.6) is 0 Å². The van der Waals surface area contributed by atoms with Crippen molar-refractivity contribution in [2.45, 2.75) is 26.3 Å². The van der Waals surface area contributed by atoms with Gasteiger partial charge in [0.25, 0.3) is 5.91 Å². The van der Waals surface area contributed by atoms with Crippen LogP contribution >= 0.6 is 12.4 Å². The van der Waals surface area contributed by atoms with Crippen molar-refractivity contribution in [1.82, 2.24) is 10.2 Å². The van der Waals surface area contributed by atoms with E-state index in [-0.39, 0.29) is 30.3 Å². The molecule has 0 aliphatic carbocycles. The molecule has 20 heavy (non-hydrogen) atoms. The molecule has 2 amide bonds. The Hall–Kier alpha value is -1.75. The number of aryl methyl sites for hydroxylation is 1. The highest BCUT2D eigenvalue weighted by molar-refractivity contribution is 5.99. The van der Waals surface area contributed by atoms with Gasteiger partial charge in [0.15, 0.2) is 0 Å². The van der Waals surface area contributed by atoms with Gasteiger partial charge in [0.2, 0.25) is 5.91 Å². The maximum atomic E-state index is 12.6. The maximum absolute atomic E-state index is 12.6. The van der Waals surface area contributed by atoms with Crippen LogP contribution in [0.2, 0.25) is 0 Å². The van der Waals surface area contributed by atoms with Gasteiger partial charge in [-0.2, -0.15) is 0 Å². The predicted octanol–water partition coefficient (Wildman–Crippen LogP) is 1.35. The van der Waals surface area contributed by atoms with Gasteiger partial charge in [0.1, 0.15) is 6.04 Å². The number of amides is 2. The number of nitrogens with one attached hydrogen (secondary N) is 1. The van der Waals surface area contributed by atoms with Gasteiger partial charge in [0, 0.05) is 24.3 Å². The molecule has 0 aromatic heterocycles. The summed E-state index contributed by atoms with van der Waals surface area (Å²) in [6.07, 6.45) is 0.610. The van der Waals surface area contributed by atoms with Crippen molar-refractivity contribution >= 4 is 29.9 Å². The number of nitrogens with two attached hydrogens (primary N) is 1. The van der Waals surface area contributed by atoms with E-state index in [9.17, 15) is 9.59 Å². The van der Waals surface area contributed by atoms with Crippen LogP contribution < -0.4 is 11.1 Å². The third-order valence-electron chi connectivity index (χ3n) is 3.47. The third kappa shape index (κ3) is 3.04. The lowest BCUT2D eigenvalue weighted by atomic mass is 10.0. The van der Waals surface area contributed by atoms with Gasteiger partial charge >= 0.3 is 0 Å². The van der Waals surface area contributed by atoms with Crippen molar-refractivity contribution < 1.29 is 9.59 Å². The molecule has 0 saturated carbocycles. The highest BCUT2D eigenvalue weighted by atomic mass is 35.5. The molecule has 1 unspecified atom stereocenters. The van der Waals surface area contributed by atoms with Gasteiger partial charge < -0.3 is 16.0 Å². The Balaban J connectivity index is 0.00000200. The van der Waals surface area contributed by atoms with Crippen molar-refractivity contribution in [3.63, 3.8) is 0 Å². The first-order chi connectivity index (χ1) is 9.04. The van der Waals surface area contributed by atoms with E-state index in [1.54, 1.807) is 17.0 Å². The van der Waals surface area contributed by atoms with Crippen LogP contribution in [0.25, 0.3) is 0 Å². The molecule has 2 rings (SSSR count). The third-order valence-corrected chi connectivity index (χ3v) is 3.47. The molecule has 0 spiro atoms. The molecule has 1 aliphatic rings. The number of carbonyl (C=O) groups is 2. The number of rotatable bonds is 2. The molecule has 5 nitrogen and oxygen atoms in total. The highest BCUT2D eigenvalue weighted by Crippen LogP contribution is 2.18. The van der Waals surface area contributed by atoms with E-state index in [2.05, 4.69) is 5.32 Å². The summed E-state index contributed by atoms with van der Waals surface area (Å²) in [4.78, 5) is 26.0. The van der Waals surface area contributed by atoms with Crippen molar-refractivity contribution in [2.24, 2.45) is 0 Å². The van der Waals surface area contributed by atoms with Gasteiger partial charge in [-0.25, -0.2) is 0 Å². The van der Waals surface area contributed by atoms with Gasteiger partial charge in [-0.05, 0) is 31.0 Å².